The van der Waals surface area contributed by atoms with Gasteiger partial charge in [0.2, 0.25) is 0 Å². The summed E-state index contributed by atoms with van der Waals surface area (Å²) < 4.78 is 11.6. The highest BCUT2D eigenvalue weighted by atomic mass is 127. The number of nitrogens with one attached hydrogen (secondary N) is 2. The molecule has 0 aromatic carbocycles. The lowest BCUT2D eigenvalue weighted by Gasteiger charge is -2.57. The van der Waals surface area contributed by atoms with E-state index in [1.165, 1.54) is 32.1 Å². The number of hydrogen-bond donors (Lipinski definition) is 2. The van der Waals surface area contributed by atoms with Crippen molar-refractivity contribution in [3.05, 3.63) is 0 Å². The second kappa shape index (κ2) is 8.08. The number of nitrogens with zero attached hydrogens (tertiary/aromatic N) is 1. The number of methoxy groups -OCH3 is 1. The van der Waals surface area contributed by atoms with Gasteiger partial charge in [0.1, 0.15) is 0 Å². The van der Waals surface area contributed by atoms with E-state index in [1.54, 1.807) is 7.11 Å². The van der Waals surface area contributed by atoms with E-state index in [1.807, 2.05) is 0 Å². The molecule has 1 saturated heterocycles. The molecule has 5 nitrogen and oxygen atoms in total. The van der Waals surface area contributed by atoms with Crippen molar-refractivity contribution < 1.29 is 9.47 Å². The van der Waals surface area contributed by atoms with Gasteiger partial charge in [-0.05, 0) is 40.0 Å². The van der Waals surface area contributed by atoms with Crippen molar-refractivity contribution in [2.45, 2.75) is 70.6 Å². The Morgan fingerprint density at radius 1 is 1.33 bits per heavy atom. The predicted molar refractivity (Wildman–Crippen MR) is 108 cm³/mol. The minimum absolute atomic E-state index is 0. The summed E-state index contributed by atoms with van der Waals surface area (Å²) in [7, 11) is 1.75. The van der Waals surface area contributed by atoms with Crippen LogP contribution in [0.3, 0.4) is 0 Å². The van der Waals surface area contributed by atoms with Crippen LogP contribution >= 0.6 is 24.0 Å². The van der Waals surface area contributed by atoms with E-state index in [-0.39, 0.29) is 29.6 Å². The van der Waals surface area contributed by atoms with Gasteiger partial charge in [-0.2, -0.15) is 0 Å². The van der Waals surface area contributed by atoms with Gasteiger partial charge in [0, 0.05) is 37.6 Å². The molecular weight excluding hydrogens is 417 g/mol. The van der Waals surface area contributed by atoms with E-state index < -0.39 is 0 Å². The first kappa shape index (κ1) is 20.2. The molecular formula is C18H34IN3O2. The summed E-state index contributed by atoms with van der Waals surface area (Å²) in [5, 5.41) is 7.17. The van der Waals surface area contributed by atoms with E-state index in [4.69, 9.17) is 14.5 Å². The van der Waals surface area contributed by atoms with Crippen molar-refractivity contribution >= 4 is 29.9 Å². The number of rotatable bonds is 5. The van der Waals surface area contributed by atoms with Gasteiger partial charge in [0.25, 0.3) is 0 Å². The van der Waals surface area contributed by atoms with Crippen LogP contribution in [0.1, 0.15) is 52.9 Å². The van der Waals surface area contributed by atoms with Crippen molar-refractivity contribution in [2.24, 2.45) is 16.3 Å². The van der Waals surface area contributed by atoms with Gasteiger partial charge in [-0.1, -0.05) is 12.8 Å². The van der Waals surface area contributed by atoms with Crippen LogP contribution < -0.4 is 10.6 Å². The van der Waals surface area contributed by atoms with Gasteiger partial charge in [0.15, 0.2) is 5.96 Å². The van der Waals surface area contributed by atoms with Gasteiger partial charge >= 0.3 is 0 Å². The topological polar surface area (TPSA) is 54.9 Å². The summed E-state index contributed by atoms with van der Waals surface area (Å²) in [5.41, 5.74) is 0.125. The van der Waals surface area contributed by atoms with Crippen LogP contribution in [0.5, 0.6) is 0 Å². The molecule has 2 saturated carbocycles. The number of aliphatic imine (C=N–C) groups is 1. The summed E-state index contributed by atoms with van der Waals surface area (Å²) >= 11 is 0. The Morgan fingerprint density at radius 3 is 2.67 bits per heavy atom. The Hall–Kier alpha value is -0.0800. The molecule has 3 rings (SSSR count). The van der Waals surface area contributed by atoms with Crippen molar-refractivity contribution in [3.8, 4) is 0 Å². The summed E-state index contributed by atoms with van der Waals surface area (Å²) in [6, 6.07) is 0.515. The second-order valence-corrected chi connectivity index (χ2v) is 7.97. The highest BCUT2D eigenvalue weighted by Crippen LogP contribution is 2.60. The van der Waals surface area contributed by atoms with Crippen molar-refractivity contribution in [1.82, 2.24) is 10.6 Å². The van der Waals surface area contributed by atoms with Crippen LogP contribution in [-0.2, 0) is 9.47 Å². The van der Waals surface area contributed by atoms with Gasteiger partial charge in [-0.15, -0.1) is 24.0 Å². The third kappa shape index (κ3) is 3.70. The third-order valence-electron chi connectivity index (χ3n) is 6.09. The van der Waals surface area contributed by atoms with Crippen LogP contribution in [-0.4, -0.2) is 50.5 Å². The Labute approximate surface area is 163 Å². The minimum Gasteiger partial charge on any atom is -0.377 e. The number of ether oxygens (including phenoxy) is 2. The van der Waals surface area contributed by atoms with Gasteiger partial charge in [-0.3, -0.25) is 4.99 Å². The van der Waals surface area contributed by atoms with E-state index >= 15 is 0 Å². The van der Waals surface area contributed by atoms with Crippen LogP contribution in [0.25, 0.3) is 0 Å². The number of guanidine groups is 1. The highest BCUT2D eigenvalue weighted by molar-refractivity contribution is 14.0. The molecule has 1 heterocycles. The Bertz CT molecular complexity index is 450. The molecule has 6 heteroatoms. The molecule has 3 fully saturated rings. The van der Waals surface area contributed by atoms with Crippen LogP contribution in [0, 0.1) is 11.3 Å². The molecule has 24 heavy (non-hydrogen) atoms. The maximum Gasteiger partial charge on any atom is 0.191 e. The molecule has 2 aliphatic carbocycles. The van der Waals surface area contributed by atoms with Crippen molar-refractivity contribution in [3.63, 3.8) is 0 Å². The van der Waals surface area contributed by atoms with Crippen LogP contribution in [0.4, 0.5) is 0 Å². The molecule has 0 aromatic rings. The fourth-order valence-corrected chi connectivity index (χ4v) is 4.71. The largest absolute Gasteiger partial charge is 0.377 e. The zero-order valence-electron chi connectivity index (χ0n) is 15.6. The summed E-state index contributed by atoms with van der Waals surface area (Å²) in [5.74, 6) is 1.59. The first-order chi connectivity index (χ1) is 11.0. The molecule has 140 valence electrons. The van der Waals surface area contributed by atoms with Gasteiger partial charge in [-0.25, -0.2) is 0 Å². The van der Waals surface area contributed by atoms with Crippen LogP contribution in [0.2, 0.25) is 0 Å². The molecule has 2 N–H and O–H groups in total. The number of hydrogen-bond acceptors (Lipinski definition) is 3. The molecule has 0 amide bonds. The highest BCUT2D eigenvalue weighted by Gasteiger charge is 2.65. The Morgan fingerprint density at radius 2 is 2.04 bits per heavy atom. The summed E-state index contributed by atoms with van der Waals surface area (Å²) in [6.45, 7) is 8.73. The van der Waals surface area contributed by atoms with Crippen molar-refractivity contribution in [1.29, 1.82) is 0 Å². The molecule has 3 atom stereocenters. The lowest BCUT2D eigenvalue weighted by atomic mass is 9.54. The molecule has 3 unspecified atom stereocenters. The number of halogens is 1. The molecule has 3 aliphatic rings. The Kier molecular flexibility index (Phi) is 6.81. The minimum atomic E-state index is -0.230. The van der Waals surface area contributed by atoms with E-state index in [9.17, 15) is 0 Å². The molecule has 0 bridgehead atoms. The van der Waals surface area contributed by atoms with E-state index in [2.05, 4.69) is 31.4 Å². The first-order valence-electron chi connectivity index (χ1n) is 9.24. The monoisotopic (exact) mass is 451 g/mol. The third-order valence-corrected chi connectivity index (χ3v) is 6.09. The zero-order chi connectivity index (χ0) is 16.5. The maximum atomic E-state index is 6.07. The van der Waals surface area contributed by atoms with Gasteiger partial charge < -0.3 is 20.1 Å². The molecule has 1 spiro atoms. The predicted octanol–water partition coefficient (Wildman–Crippen LogP) is 2.93. The van der Waals surface area contributed by atoms with E-state index in [0.29, 0.717) is 30.0 Å². The quantitative estimate of drug-likeness (QED) is 0.384. The molecule has 0 aromatic heterocycles. The summed E-state index contributed by atoms with van der Waals surface area (Å²) in [4.78, 5) is 4.78. The second-order valence-electron chi connectivity index (χ2n) is 7.97. The lowest BCUT2D eigenvalue weighted by molar-refractivity contribution is -0.125. The molecule has 1 aliphatic heterocycles. The lowest BCUT2D eigenvalue weighted by Crippen LogP contribution is -2.69. The van der Waals surface area contributed by atoms with Crippen LogP contribution in [0.15, 0.2) is 4.99 Å². The fourth-order valence-electron chi connectivity index (χ4n) is 4.71. The smallest absolute Gasteiger partial charge is 0.191 e. The average molecular weight is 451 g/mol. The average Bonchev–Trinajstić information content (AvgIpc) is 3.18. The standard InChI is InChI=1S/C18H33N3O2.HI/c1-5-19-16(20-12-17(2,3)22-4)21-14-13-8-11-23-15(13)18(14)9-6-7-10-18;/h13-15H,5-12H2,1-4H3,(H2,19,20,21);1H. The van der Waals surface area contributed by atoms with Gasteiger partial charge in [0.05, 0.1) is 18.2 Å². The number of fused-ring (bicyclic) bond motifs is 2. The fraction of sp³-hybridized carbons (Fsp3) is 0.944. The SMILES string of the molecule is CCNC(=NCC(C)(C)OC)NC1C2CCOC2C12CCCC2.I. The molecule has 0 radical (unpaired) electrons. The van der Waals surface area contributed by atoms with Crippen molar-refractivity contribution in [2.75, 3.05) is 26.8 Å². The zero-order valence-corrected chi connectivity index (χ0v) is 17.9. The first-order valence-corrected chi connectivity index (χ1v) is 9.24. The normalized spacial score (nSPS) is 31.3. The maximum absolute atomic E-state index is 6.07. The Balaban J connectivity index is 0.00000208. The summed E-state index contributed by atoms with van der Waals surface area (Å²) in [6.07, 6.45) is 6.96. The van der Waals surface area contributed by atoms with E-state index in [0.717, 1.165) is 19.1 Å².